The number of benzene rings is 2. The second-order valence-corrected chi connectivity index (χ2v) is 9.32. The summed E-state index contributed by atoms with van der Waals surface area (Å²) in [4.78, 5) is 26.4. The molecule has 2 aromatic heterocycles. The van der Waals surface area contributed by atoms with Gasteiger partial charge in [0, 0.05) is 18.7 Å². The maximum atomic E-state index is 14.1. The number of rotatable bonds is 8. The van der Waals surface area contributed by atoms with Crippen molar-refractivity contribution in [2.75, 3.05) is 32.1 Å². The molecule has 0 radical (unpaired) electrons. The molecule has 0 unspecified atom stereocenters. The molecule has 5 rings (SSSR count). The Bertz CT molecular complexity index is 1380. The molecule has 3 heterocycles. The highest BCUT2D eigenvalue weighted by Gasteiger charge is 2.19. The average molecular weight is 509 g/mol. The van der Waals surface area contributed by atoms with Crippen LogP contribution in [0.3, 0.4) is 0 Å². The SMILES string of the molecule is COc1cccc(Oc2cc(F)ccc2Nc2ncnc3sc(C(=O)NCC4CCNCC4)nc23)c1. The summed E-state index contributed by atoms with van der Waals surface area (Å²) >= 11 is 1.20. The van der Waals surface area contributed by atoms with Crippen molar-refractivity contribution in [1.82, 2.24) is 25.6 Å². The topological polar surface area (TPSA) is 110 Å². The number of halogens is 1. The van der Waals surface area contributed by atoms with Gasteiger partial charge in [-0.3, -0.25) is 4.79 Å². The van der Waals surface area contributed by atoms with Gasteiger partial charge in [0.2, 0.25) is 0 Å². The maximum absolute atomic E-state index is 14.1. The van der Waals surface area contributed by atoms with Crippen LogP contribution in [0, 0.1) is 11.7 Å². The zero-order chi connectivity index (χ0) is 24.9. The maximum Gasteiger partial charge on any atom is 0.280 e. The summed E-state index contributed by atoms with van der Waals surface area (Å²) < 4.78 is 25.2. The quantitative estimate of drug-likeness (QED) is 0.319. The second-order valence-electron chi connectivity index (χ2n) is 8.34. The van der Waals surface area contributed by atoms with Gasteiger partial charge in [-0.1, -0.05) is 17.4 Å². The van der Waals surface area contributed by atoms with Crippen molar-refractivity contribution in [3.63, 3.8) is 0 Å². The Hall–Kier alpha value is -3.83. The van der Waals surface area contributed by atoms with Gasteiger partial charge in [-0.2, -0.15) is 0 Å². The van der Waals surface area contributed by atoms with Gasteiger partial charge in [0.05, 0.1) is 12.8 Å². The van der Waals surface area contributed by atoms with E-state index in [0.717, 1.165) is 25.9 Å². The highest BCUT2D eigenvalue weighted by molar-refractivity contribution is 7.19. The van der Waals surface area contributed by atoms with E-state index >= 15 is 0 Å². The fourth-order valence-corrected chi connectivity index (χ4v) is 4.77. The van der Waals surface area contributed by atoms with Crippen LogP contribution in [0.4, 0.5) is 15.9 Å². The predicted octanol–water partition coefficient (Wildman–Crippen LogP) is 4.50. The number of nitrogens with one attached hydrogen (secondary N) is 3. The van der Waals surface area contributed by atoms with E-state index in [1.165, 1.54) is 29.8 Å². The molecule has 0 aliphatic carbocycles. The normalized spacial score (nSPS) is 13.9. The molecule has 0 atom stereocenters. The predicted molar refractivity (Wildman–Crippen MR) is 136 cm³/mol. The number of methoxy groups -OCH3 is 1. The Morgan fingerprint density at radius 1 is 1.17 bits per heavy atom. The Kier molecular flexibility index (Phi) is 7.19. The van der Waals surface area contributed by atoms with E-state index in [-0.39, 0.29) is 11.7 Å². The fourth-order valence-electron chi connectivity index (χ4n) is 3.94. The van der Waals surface area contributed by atoms with Crippen LogP contribution < -0.4 is 25.4 Å². The molecule has 0 saturated carbocycles. The summed E-state index contributed by atoms with van der Waals surface area (Å²) in [5.41, 5.74) is 0.926. The van der Waals surface area contributed by atoms with Crippen molar-refractivity contribution in [1.29, 1.82) is 0 Å². The van der Waals surface area contributed by atoms with Gasteiger partial charge in [-0.05, 0) is 56.1 Å². The molecule has 2 aromatic carbocycles. The molecular formula is C25H25FN6O3S. The first-order valence-corrected chi connectivity index (χ1v) is 12.4. The largest absolute Gasteiger partial charge is 0.497 e. The zero-order valence-corrected chi connectivity index (χ0v) is 20.4. The Balaban J connectivity index is 1.36. The number of fused-ring (bicyclic) bond motifs is 1. The van der Waals surface area contributed by atoms with E-state index < -0.39 is 5.82 Å². The lowest BCUT2D eigenvalue weighted by Crippen LogP contribution is -2.35. The van der Waals surface area contributed by atoms with E-state index in [1.807, 2.05) is 0 Å². The van der Waals surface area contributed by atoms with E-state index in [9.17, 15) is 9.18 Å². The van der Waals surface area contributed by atoms with Gasteiger partial charge < -0.3 is 25.4 Å². The second kappa shape index (κ2) is 10.8. The number of anilines is 2. The standard InChI is InChI=1S/C25H25FN6O3S/c1-34-17-3-2-4-18(12-17)35-20-11-16(26)5-6-19(20)31-22-21-24(30-14-29-22)36-25(32-21)23(33)28-13-15-7-9-27-10-8-15/h2-6,11-12,14-15,27H,7-10,13H2,1H3,(H,28,33)(H,29,30,31). The van der Waals surface area contributed by atoms with Gasteiger partial charge in [0.15, 0.2) is 16.6 Å². The lowest BCUT2D eigenvalue weighted by molar-refractivity contribution is 0.0944. The van der Waals surface area contributed by atoms with Crippen LogP contribution in [0.2, 0.25) is 0 Å². The van der Waals surface area contributed by atoms with Crippen LogP contribution in [0.5, 0.6) is 17.2 Å². The molecule has 1 amide bonds. The van der Waals surface area contributed by atoms with Crippen molar-refractivity contribution >= 4 is 39.1 Å². The van der Waals surface area contributed by atoms with E-state index in [2.05, 4.69) is 30.9 Å². The molecule has 186 valence electrons. The van der Waals surface area contributed by atoms with Crippen LogP contribution in [0.25, 0.3) is 10.3 Å². The monoisotopic (exact) mass is 508 g/mol. The highest BCUT2D eigenvalue weighted by atomic mass is 32.1. The molecule has 9 nitrogen and oxygen atoms in total. The number of ether oxygens (including phenoxy) is 2. The number of piperidine rings is 1. The molecule has 0 bridgehead atoms. The van der Waals surface area contributed by atoms with E-state index in [0.29, 0.717) is 50.8 Å². The number of carbonyl (C=O) groups is 1. The summed E-state index contributed by atoms with van der Waals surface area (Å²) in [5, 5.41) is 9.79. The molecule has 1 aliphatic heterocycles. The van der Waals surface area contributed by atoms with Crippen molar-refractivity contribution in [2.45, 2.75) is 12.8 Å². The number of amides is 1. The summed E-state index contributed by atoms with van der Waals surface area (Å²) in [5.74, 6) is 1.52. The van der Waals surface area contributed by atoms with Crippen molar-refractivity contribution in [3.05, 3.63) is 59.6 Å². The third-order valence-corrected chi connectivity index (χ3v) is 6.83. The molecule has 0 spiro atoms. The van der Waals surface area contributed by atoms with Gasteiger partial charge in [-0.25, -0.2) is 19.3 Å². The average Bonchev–Trinajstić information content (AvgIpc) is 3.35. The number of hydrogen-bond donors (Lipinski definition) is 3. The molecule has 11 heteroatoms. The number of hydrogen-bond acceptors (Lipinski definition) is 9. The minimum absolute atomic E-state index is 0.230. The molecule has 3 N–H and O–H groups in total. The van der Waals surface area contributed by atoms with Crippen molar-refractivity contribution < 1.29 is 18.7 Å². The summed E-state index contributed by atoms with van der Waals surface area (Å²) in [6, 6.07) is 11.2. The van der Waals surface area contributed by atoms with Crippen LogP contribution >= 0.6 is 11.3 Å². The minimum atomic E-state index is -0.451. The van der Waals surface area contributed by atoms with Gasteiger partial charge in [0.1, 0.15) is 34.0 Å². The van der Waals surface area contributed by atoms with E-state index in [4.69, 9.17) is 9.47 Å². The lowest BCUT2D eigenvalue weighted by Gasteiger charge is -2.22. The number of aromatic nitrogens is 3. The molecule has 1 fully saturated rings. The lowest BCUT2D eigenvalue weighted by atomic mass is 9.98. The first-order chi connectivity index (χ1) is 17.6. The number of carbonyl (C=O) groups excluding carboxylic acids is 1. The Morgan fingerprint density at radius 3 is 2.83 bits per heavy atom. The number of thiazole rings is 1. The van der Waals surface area contributed by atoms with Crippen LogP contribution in [0.1, 0.15) is 22.6 Å². The first-order valence-electron chi connectivity index (χ1n) is 11.6. The number of nitrogens with zero attached hydrogens (tertiary/aromatic N) is 3. The Morgan fingerprint density at radius 2 is 2.00 bits per heavy atom. The molecule has 1 aliphatic rings. The van der Waals surface area contributed by atoms with Gasteiger partial charge in [-0.15, -0.1) is 0 Å². The summed E-state index contributed by atoms with van der Waals surface area (Å²) in [7, 11) is 1.56. The first kappa shape index (κ1) is 23.9. The molecule has 36 heavy (non-hydrogen) atoms. The molecule has 4 aromatic rings. The minimum Gasteiger partial charge on any atom is -0.497 e. The molecular weight excluding hydrogens is 483 g/mol. The van der Waals surface area contributed by atoms with Crippen LogP contribution in [-0.4, -0.2) is 47.6 Å². The summed E-state index contributed by atoms with van der Waals surface area (Å²) in [6.45, 7) is 2.56. The van der Waals surface area contributed by atoms with E-state index in [1.54, 1.807) is 37.4 Å². The summed E-state index contributed by atoms with van der Waals surface area (Å²) in [6.07, 6.45) is 3.47. The van der Waals surface area contributed by atoms with Crippen LogP contribution in [-0.2, 0) is 0 Å². The third-order valence-electron chi connectivity index (χ3n) is 5.87. The highest BCUT2D eigenvalue weighted by Crippen LogP contribution is 2.35. The van der Waals surface area contributed by atoms with Crippen molar-refractivity contribution in [2.24, 2.45) is 5.92 Å². The molecule has 1 saturated heterocycles. The zero-order valence-electron chi connectivity index (χ0n) is 19.6. The third kappa shape index (κ3) is 5.52. The Labute approximate surface area is 211 Å². The van der Waals surface area contributed by atoms with Crippen LogP contribution in [0.15, 0.2) is 48.8 Å². The fraction of sp³-hybridized carbons (Fsp3) is 0.280. The van der Waals surface area contributed by atoms with Crippen molar-refractivity contribution in [3.8, 4) is 17.2 Å². The van der Waals surface area contributed by atoms with Gasteiger partial charge >= 0.3 is 0 Å². The van der Waals surface area contributed by atoms with Gasteiger partial charge in [0.25, 0.3) is 5.91 Å². The smallest absolute Gasteiger partial charge is 0.280 e.